The number of nitrogens with zero attached hydrogens (tertiary/aromatic N) is 4. The predicted octanol–water partition coefficient (Wildman–Crippen LogP) is -0.125. The van der Waals surface area contributed by atoms with Crippen LogP contribution in [0.1, 0.15) is 11.1 Å². The van der Waals surface area contributed by atoms with Crippen molar-refractivity contribution in [2.24, 2.45) is 14.1 Å². The zero-order valence-electron chi connectivity index (χ0n) is 17.3. The van der Waals surface area contributed by atoms with E-state index >= 15 is 0 Å². The summed E-state index contributed by atoms with van der Waals surface area (Å²) in [6.07, 6.45) is 0.259. The Morgan fingerprint density at radius 2 is 1.76 bits per heavy atom. The second-order valence-electron chi connectivity index (χ2n) is 7.30. The van der Waals surface area contributed by atoms with E-state index in [9.17, 15) is 14.4 Å². The van der Waals surface area contributed by atoms with Gasteiger partial charge in [-0.25, -0.2) is 4.79 Å². The highest BCUT2D eigenvalue weighted by molar-refractivity contribution is 5.80. The normalized spacial score (nSPS) is 14.2. The molecule has 0 bridgehead atoms. The molecule has 1 saturated heterocycles. The van der Waals surface area contributed by atoms with E-state index in [1.54, 1.807) is 12.0 Å². The number of methoxy groups -OCH3 is 1. The quantitative estimate of drug-likeness (QED) is 0.766. The minimum Gasteiger partial charge on any atom is -0.496 e. The molecule has 2 heterocycles. The number of ether oxygens (including phenoxy) is 1. The van der Waals surface area contributed by atoms with Crippen molar-refractivity contribution >= 4 is 17.4 Å². The van der Waals surface area contributed by atoms with E-state index in [-0.39, 0.29) is 18.1 Å². The highest BCUT2D eigenvalue weighted by atomic mass is 16.5. The Morgan fingerprint density at radius 1 is 1.10 bits per heavy atom. The number of rotatable bonds is 4. The monoisotopic (exact) mass is 401 g/mol. The number of piperazine rings is 1. The van der Waals surface area contributed by atoms with Crippen molar-refractivity contribution in [2.45, 2.75) is 13.3 Å². The Balaban J connectivity index is 1.73. The number of hydrogen-bond acceptors (Lipinski definition) is 6. The fourth-order valence-corrected chi connectivity index (χ4v) is 3.64. The molecule has 2 aromatic rings. The second-order valence-corrected chi connectivity index (χ2v) is 7.30. The van der Waals surface area contributed by atoms with Gasteiger partial charge < -0.3 is 20.3 Å². The molecule has 1 aliphatic heterocycles. The zero-order valence-corrected chi connectivity index (χ0v) is 17.3. The molecule has 2 N–H and O–H groups in total. The number of anilines is 2. The standard InChI is InChI=1S/C20H27N5O4/c1-13-5-6-15(29-4)14(11-13)12-16(26)24-7-9-25(10-8-24)17-18(21)22(2)20(28)23(3)19(17)27/h5-6,11H,7-10,12,21H2,1-4H3. The van der Waals surface area contributed by atoms with Crippen LogP contribution in [0.3, 0.4) is 0 Å². The van der Waals surface area contributed by atoms with Crippen molar-refractivity contribution in [1.29, 1.82) is 0 Å². The Labute approximate surface area is 168 Å². The molecule has 1 amide bonds. The summed E-state index contributed by atoms with van der Waals surface area (Å²) in [5, 5.41) is 0. The lowest BCUT2D eigenvalue weighted by Gasteiger charge is -2.36. The molecule has 0 aliphatic carbocycles. The van der Waals surface area contributed by atoms with E-state index in [1.807, 2.05) is 30.0 Å². The first kappa shape index (κ1) is 20.5. The first-order chi connectivity index (χ1) is 13.7. The molecular weight excluding hydrogens is 374 g/mol. The van der Waals surface area contributed by atoms with Gasteiger partial charge >= 0.3 is 5.69 Å². The van der Waals surface area contributed by atoms with Crippen LogP contribution in [0.5, 0.6) is 5.75 Å². The molecule has 1 aromatic heterocycles. The molecule has 9 heteroatoms. The number of hydrogen-bond donors (Lipinski definition) is 1. The van der Waals surface area contributed by atoms with E-state index in [0.29, 0.717) is 37.6 Å². The number of aromatic nitrogens is 2. The van der Waals surface area contributed by atoms with Gasteiger partial charge in [0.25, 0.3) is 5.56 Å². The molecule has 0 atom stereocenters. The van der Waals surface area contributed by atoms with Gasteiger partial charge in [-0.15, -0.1) is 0 Å². The number of benzene rings is 1. The van der Waals surface area contributed by atoms with Crippen molar-refractivity contribution in [3.63, 3.8) is 0 Å². The Kier molecular flexibility index (Phi) is 5.67. The fraction of sp³-hybridized carbons (Fsp3) is 0.450. The van der Waals surface area contributed by atoms with Crippen LogP contribution >= 0.6 is 0 Å². The largest absolute Gasteiger partial charge is 0.496 e. The van der Waals surface area contributed by atoms with Crippen LogP contribution in [-0.2, 0) is 25.3 Å². The summed E-state index contributed by atoms with van der Waals surface area (Å²) in [6.45, 7) is 3.85. The summed E-state index contributed by atoms with van der Waals surface area (Å²) >= 11 is 0. The lowest BCUT2D eigenvalue weighted by molar-refractivity contribution is -0.130. The summed E-state index contributed by atoms with van der Waals surface area (Å²) < 4.78 is 7.68. The maximum Gasteiger partial charge on any atom is 0.332 e. The van der Waals surface area contributed by atoms with E-state index in [1.165, 1.54) is 18.7 Å². The van der Waals surface area contributed by atoms with Crippen LogP contribution < -0.4 is 26.6 Å². The summed E-state index contributed by atoms with van der Waals surface area (Å²) in [5.74, 6) is 0.848. The number of carbonyl (C=O) groups excluding carboxylic acids is 1. The second kappa shape index (κ2) is 8.02. The van der Waals surface area contributed by atoms with Crippen molar-refractivity contribution in [1.82, 2.24) is 14.0 Å². The highest BCUT2D eigenvalue weighted by Crippen LogP contribution is 2.22. The van der Waals surface area contributed by atoms with Crippen molar-refractivity contribution < 1.29 is 9.53 Å². The third kappa shape index (κ3) is 3.85. The molecule has 156 valence electrons. The van der Waals surface area contributed by atoms with Gasteiger partial charge in [-0.05, 0) is 13.0 Å². The molecule has 3 rings (SSSR count). The first-order valence-electron chi connectivity index (χ1n) is 9.46. The molecule has 0 spiro atoms. The minimum absolute atomic E-state index is 0.00915. The summed E-state index contributed by atoms with van der Waals surface area (Å²) in [5.41, 5.74) is 7.39. The van der Waals surface area contributed by atoms with E-state index in [2.05, 4.69) is 0 Å². The molecular formula is C20H27N5O4. The maximum atomic E-state index is 12.8. The molecule has 1 fully saturated rings. The van der Waals surface area contributed by atoms with Crippen LogP contribution in [0.2, 0.25) is 0 Å². The number of amides is 1. The Hall–Kier alpha value is -3.23. The molecule has 1 aliphatic rings. The fourth-order valence-electron chi connectivity index (χ4n) is 3.64. The van der Waals surface area contributed by atoms with Crippen LogP contribution in [0.25, 0.3) is 0 Å². The number of carbonyl (C=O) groups is 1. The molecule has 9 nitrogen and oxygen atoms in total. The number of aryl methyl sites for hydroxylation is 1. The average Bonchev–Trinajstić information content (AvgIpc) is 2.71. The van der Waals surface area contributed by atoms with Crippen molar-refractivity contribution in [2.75, 3.05) is 43.9 Å². The van der Waals surface area contributed by atoms with E-state index < -0.39 is 11.2 Å². The van der Waals surface area contributed by atoms with Crippen molar-refractivity contribution in [3.8, 4) is 5.75 Å². The lowest BCUT2D eigenvalue weighted by atomic mass is 10.1. The van der Waals surface area contributed by atoms with Gasteiger partial charge in [0.05, 0.1) is 13.5 Å². The first-order valence-corrected chi connectivity index (χ1v) is 9.46. The molecule has 1 aromatic carbocycles. The number of nitrogen functional groups attached to an aromatic ring is 1. The maximum absolute atomic E-state index is 12.8. The molecule has 0 unspecified atom stereocenters. The zero-order chi connectivity index (χ0) is 21.3. The third-order valence-corrected chi connectivity index (χ3v) is 5.41. The topological polar surface area (TPSA) is 103 Å². The van der Waals surface area contributed by atoms with Crippen molar-refractivity contribution in [3.05, 3.63) is 50.2 Å². The van der Waals surface area contributed by atoms with Gasteiger partial charge in [0.15, 0.2) is 0 Å². The Morgan fingerprint density at radius 3 is 2.38 bits per heavy atom. The van der Waals surface area contributed by atoms with E-state index in [0.717, 1.165) is 15.7 Å². The smallest absolute Gasteiger partial charge is 0.332 e. The van der Waals surface area contributed by atoms with Gasteiger partial charge in [0.2, 0.25) is 5.91 Å². The van der Waals surface area contributed by atoms with Crippen LogP contribution in [0, 0.1) is 6.92 Å². The predicted molar refractivity (Wildman–Crippen MR) is 112 cm³/mol. The average molecular weight is 401 g/mol. The van der Waals surface area contributed by atoms with Crippen LogP contribution in [-0.4, -0.2) is 53.2 Å². The third-order valence-electron chi connectivity index (χ3n) is 5.41. The summed E-state index contributed by atoms with van der Waals surface area (Å²) in [4.78, 5) is 41.0. The Bertz CT molecular complexity index is 1050. The minimum atomic E-state index is -0.461. The SMILES string of the molecule is COc1ccc(C)cc1CC(=O)N1CCN(c2c(N)n(C)c(=O)n(C)c2=O)CC1. The van der Waals surface area contributed by atoms with Crippen LogP contribution in [0.4, 0.5) is 11.5 Å². The molecule has 29 heavy (non-hydrogen) atoms. The number of nitrogens with two attached hydrogens (primary N) is 1. The van der Waals surface area contributed by atoms with Gasteiger partial charge in [0.1, 0.15) is 17.3 Å². The van der Waals surface area contributed by atoms with Gasteiger partial charge in [-0.1, -0.05) is 17.7 Å². The lowest BCUT2D eigenvalue weighted by Crippen LogP contribution is -2.52. The van der Waals surface area contributed by atoms with Gasteiger partial charge in [-0.3, -0.25) is 18.7 Å². The molecule has 0 saturated carbocycles. The molecule has 0 radical (unpaired) electrons. The highest BCUT2D eigenvalue weighted by Gasteiger charge is 2.26. The summed E-state index contributed by atoms with van der Waals surface area (Å²) in [7, 11) is 4.56. The summed E-state index contributed by atoms with van der Waals surface area (Å²) in [6, 6.07) is 5.78. The van der Waals surface area contributed by atoms with Crippen LogP contribution in [0.15, 0.2) is 27.8 Å². The van der Waals surface area contributed by atoms with Gasteiger partial charge in [-0.2, -0.15) is 0 Å². The van der Waals surface area contributed by atoms with Gasteiger partial charge in [0, 0.05) is 45.8 Å². The van der Waals surface area contributed by atoms with E-state index in [4.69, 9.17) is 10.5 Å².